The highest BCUT2D eigenvalue weighted by atomic mass is 79.9. The number of halogens is 2. The molecule has 1 saturated heterocycles. The Hall–Kier alpha value is -1.27. The van der Waals surface area contributed by atoms with Gasteiger partial charge < -0.3 is 15.3 Å². The minimum absolute atomic E-state index is 0.397. The van der Waals surface area contributed by atoms with Crippen molar-refractivity contribution in [2.45, 2.75) is 25.3 Å². The number of carboxylic acid groups (broad SMARTS) is 1. The molecule has 2 rings (SSSR count). The molecule has 7 heteroatoms. The minimum atomic E-state index is -0.961. The van der Waals surface area contributed by atoms with Crippen LogP contribution in [-0.4, -0.2) is 34.6 Å². The molecule has 0 spiro atoms. The molecule has 0 saturated carbocycles. The van der Waals surface area contributed by atoms with Gasteiger partial charge in [0, 0.05) is 16.7 Å². The number of amides is 2. The molecule has 1 aliphatic heterocycles. The number of carbonyl (C=O) groups excluding carboxylic acids is 1. The minimum Gasteiger partial charge on any atom is -0.480 e. The number of rotatable bonds is 2. The fraction of sp³-hybridized carbons (Fsp3) is 0.385. The number of nitrogens with zero attached hydrogens (tertiary/aromatic N) is 1. The molecule has 1 heterocycles. The lowest BCUT2D eigenvalue weighted by atomic mass is 10.0. The monoisotopic (exact) mass is 360 g/mol. The Labute approximate surface area is 130 Å². The van der Waals surface area contributed by atoms with Gasteiger partial charge in [-0.25, -0.2) is 9.59 Å². The summed E-state index contributed by atoms with van der Waals surface area (Å²) in [6, 6.07) is 3.86. The number of aliphatic carboxylic acids is 1. The molecule has 1 aliphatic rings. The van der Waals surface area contributed by atoms with Crippen molar-refractivity contribution in [1.29, 1.82) is 0 Å². The molecule has 0 bridgehead atoms. The van der Waals surface area contributed by atoms with E-state index in [0.717, 1.165) is 12.8 Å². The van der Waals surface area contributed by atoms with Crippen molar-refractivity contribution in [1.82, 2.24) is 4.90 Å². The van der Waals surface area contributed by atoms with Gasteiger partial charge in [0.25, 0.3) is 0 Å². The molecule has 5 nitrogen and oxygen atoms in total. The summed E-state index contributed by atoms with van der Waals surface area (Å²) in [5.41, 5.74) is 0.570. The van der Waals surface area contributed by atoms with Crippen LogP contribution >= 0.6 is 27.5 Å². The maximum absolute atomic E-state index is 12.2. The van der Waals surface area contributed by atoms with E-state index >= 15 is 0 Å². The van der Waals surface area contributed by atoms with Crippen LogP contribution in [0.1, 0.15) is 19.3 Å². The van der Waals surface area contributed by atoms with Gasteiger partial charge in [-0.15, -0.1) is 0 Å². The molecule has 0 radical (unpaired) electrons. The van der Waals surface area contributed by atoms with Crippen molar-refractivity contribution in [3.8, 4) is 0 Å². The van der Waals surface area contributed by atoms with Gasteiger partial charge in [0.15, 0.2) is 0 Å². The molecule has 1 atom stereocenters. The topological polar surface area (TPSA) is 69.6 Å². The van der Waals surface area contributed by atoms with Gasteiger partial charge >= 0.3 is 12.0 Å². The number of urea groups is 1. The van der Waals surface area contributed by atoms with E-state index in [0.29, 0.717) is 28.1 Å². The third-order valence-corrected chi connectivity index (χ3v) is 4.43. The van der Waals surface area contributed by atoms with E-state index in [4.69, 9.17) is 16.7 Å². The average Bonchev–Trinajstić information content (AvgIpc) is 2.43. The van der Waals surface area contributed by atoms with Gasteiger partial charge in [0.1, 0.15) is 6.04 Å². The van der Waals surface area contributed by atoms with Crippen LogP contribution in [0.15, 0.2) is 22.7 Å². The predicted octanol–water partition coefficient (Wildman–Crippen LogP) is 3.57. The standard InChI is InChI=1S/C13H14BrClN2O3/c14-9-7-8(4-5-10(9)15)16-13(20)17-6-2-1-3-11(17)12(18)19/h4-5,7,11H,1-3,6H2,(H,16,20)(H,18,19). The van der Waals surface area contributed by atoms with E-state index in [2.05, 4.69) is 21.2 Å². The SMILES string of the molecule is O=C(O)C1CCCCN1C(=O)Nc1ccc(Cl)c(Br)c1. The third-order valence-electron chi connectivity index (χ3n) is 3.22. The first kappa shape index (κ1) is 15.1. The van der Waals surface area contributed by atoms with Crippen molar-refractivity contribution in [2.24, 2.45) is 0 Å². The van der Waals surface area contributed by atoms with Crippen LogP contribution < -0.4 is 5.32 Å². The maximum atomic E-state index is 12.2. The van der Waals surface area contributed by atoms with Gasteiger partial charge in [-0.05, 0) is 53.4 Å². The molecule has 1 aromatic carbocycles. The number of benzene rings is 1. The smallest absolute Gasteiger partial charge is 0.326 e. The number of hydrogen-bond donors (Lipinski definition) is 2. The Morgan fingerprint density at radius 1 is 1.40 bits per heavy atom. The van der Waals surface area contributed by atoms with Gasteiger partial charge in [-0.2, -0.15) is 0 Å². The van der Waals surface area contributed by atoms with E-state index in [9.17, 15) is 9.59 Å². The van der Waals surface area contributed by atoms with Crippen LogP contribution in [0.25, 0.3) is 0 Å². The second kappa shape index (κ2) is 6.45. The number of carbonyl (C=O) groups is 2. The Morgan fingerprint density at radius 3 is 2.80 bits per heavy atom. The van der Waals surface area contributed by atoms with E-state index in [1.54, 1.807) is 18.2 Å². The molecule has 1 aromatic rings. The number of carboxylic acids is 1. The quantitative estimate of drug-likeness (QED) is 0.846. The second-order valence-corrected chi connectivity index (χ2v) is 5.86. The molecule has 1 unspecified atom stereocenters. The zero-order chi connectivity index (χ0) is 14.7. The maximum Gasteiger partial charge on any atom is 0.326 e. The Balaban J connectivity index is 2.09. The van der Waals surface area contributed by atoms with Gasteiger partial charge in [-0.1, -0.05) is 11.6 Å². The molecule has 2 N–H and O–H groups in total. The van der Waals surface area contributed by atoms with E-state index in [-0.39, 0.29) is 0 Å². The highest BCUT2D eigenvalue weighted by Gasteiger charge is 2.31. The first-order valence-corrected chi connectivity index (χ1v) is 7.41. The Bertz CT molecular complexity index is 538. The van der Waals surface area contributed by atoms with Gasteiger partial charge in [0.05, 0.1) is 5.02 Å². The predicted molar refractivity (Wildman–Crippen MR) is 80.2 cm³/mol. The highest BCUT2D eigenvalue weighted by molar-refractivity contribution is 9.10. The van der Waals surface area contributed by atoms with Crippen molar-refractivity contribution in [3.63, 3.8) is 0 Å². The lowest BCUT2D eigenvalue weighted by molar-refractivity contribution is -0.143. The van der Waals surface area contributed by atoms with Crippen molar-refractivity contribution in [3.05, 3.63) is 27.7 Å². The highest BCUT2D eigenvalue weighted by Crippen LogP contribution is 2.26. The molecule has 1 fully saturated rings. The Morgan fingerprint density at radius 2 is 2.15 bits per heavy atom. The average molecular weight is 362 g/mol. The van der Waals surface area contributed by atoms with Crippen LogP contribution in [0, 0.1) is 0 Å². The number of piperidine rings is 1. The molecule has 0 aromatic heterocycles. The third kappa shape index (κ3) is 3.43. The van der Waals surface area contributed by atoms with Gasteiger partial charge in [-0.3, -0.25) is 0 Å². The molecular weight excluding hydrogens is 348 g/mol. The number of hydrogen-bond acceptors (Lipinski definition) is 2. The summed E-state index contributed by atoms with van der Waals surface area (Å²) in [5, 5.41) is 12.4. The van der Waals surface area contributed by atoms with Crippen molar-refractivity contribution >= 4 is 45.2 Å². The fourth-order valence-electron chi connectivity index (χ4n) is 2.20. The zero-order valence-corrected chi connectivity index (χ0v) is 12.9. The lowest BCUT2D eigenvalue weighted by Gasteiger charge is -2.32. The normalized spacial score (nSPS) is 18.7. The van der Waals surface area contributed by atoms with Crippen molar-refractivity contribution in [2.75, 3.05) is 11.9 Å². The van der Waals surface area contributed by atoms with Crippen molar-refractivity contribution < 1.29 is 14.7 Å². The fourth-order valence-corrected chi connectivity index (χ4v) is 2.70. The number of nitrogens with one attached hydrogen (secondary N) is 1. The van der Waals surface area contributed by atoms with Crippen LogP contribution in [-0.2, 0) is 4.79 Å². The van der Waals surface area contributed by atoms with Crippen LogP contribution in [0.2, 0.25) is 5.02 Å². The Kier molecular flexibility index (Phi) is 4.88. The van der Waals surface area contributed by atoms with E-state index in [1.807, 2.05) is 0 Å². The van der Waals surface area contributed by atoms with Crippen LogP contribution in [0.5, 0.6) is 0 Å². The summed E-state index contributed by atoms with van der Waals surface area (Å²) in [5.74, 6) is -0.961. The largest absolute Gasteiger partial charge is 0.480 e. The van der Waals surface area contributed by atoms with Crippen LogP contribution in [0.3, 0.4) is 0 Å². The lowest BCUT2D eigenvalue weighted by Crippen LogP contribution is -2.49. The molecule has 2 amide bonds. The summed E-state index contributed by atoms with van der Waals surface area (Å²) in [7, 11) is 0. The van der Waals surface area contributed by atoms with Crippen LogP contribution in [0.4, 0.5) is 10.5 Å². The second-order valence-electron chi connectivity index (χ2n) is 4.60. The number of anilines is 1. The molecular formula is C13H14BrClN2O3. The first-order chi connectivity index (χ1) is 9.49. The van der Waals surface area contributed by atoms with Gasteiger partial charge in [0.2, 0.25) is 0 Å². The zero-order valence-electron chi connectivity index (χ0n) is 10.6. The van der Waals surface area contributed by atoms with E-state index in [1.165, 1.54) is 4.90 Å². The summed E-state index contributed by atoms with van der Waals surface area (Å²) in [4.78, 5) is 24.7. The molecule has 108 valence electrons. The summed E-state index contributed by atoms with van der Waals surface area (Å²) in [6.45, 7) is 0.456. The summed E-state index contributed by atoms with van der Waals surface area (Å²) >= 11 is 9.16. The summed E-state index contributed by atoms with van der Waals surface area (Å²) < 4.78 is 0.672. The molecule has 20 heavy (non-hydrogen) atoms. The summed E-state index contributed by atoms with van der Waals surface area (Å²) in [6.07, 6.45) is 2.14. The molecule has 0 aliphatic carbocycles. The number of likely N-dealkylation sites (tertiary alicyclic amines) is 1. The van der Waals surface area contributed by atoms with E-state index < -0.39 is 18.0 Å². The first-order valence-electron chi connectivity index (χ1n) is 6.24.